The van der Waals surface area contributed by atoms with Crippen LogP contribution in [0.25, 0.3) is 0 Å². The van der Waals surface area contributed by atoms with Crippen molar-refractivity contribution in [2.45, 2.75) is 51.0 Å². The van der Waals surface area contributed by atoms with E-state index in [0.29, 0.717) is 5.56 Å². The summed E-state index contributed by atoms with van der Waals surface area (Å²) in [5, 5.41) is 9.65. The Bertz CT molecular complexity index is 440. The lowest BCUT2D eigenvalue weighted by Gasteiger charge is -2.34. The van der Waals surface area contributed by atoms with E-state index >= 15 is 0 Å². The van der Waals surface area contributed by atoms with Crippen molar-refractivity contribution in [2.24, 2.45) is 5.73 Å². The highest BCUT2D eigenvalue weighted by Gasteiger charge is 2.31. The first-order valence-electron chi connectivity index (χ1n) is 6.35. The minimum absolute atomic E-state index is 0.305. The summed E-state index contributed by atoms with van der Waals surface area (Å²) in [4.78, 5) is 0. The molecule has 0 bridgehead atoms. The Balaban J connectivity index is 2.45. The monoisotopic (exact) mass is 255 g/mol. The topological polar surface area (TPSA) is 46.2 Å². The third kappa shape index (κ3) is 2.34. The Hall–Kier alpha value is -1.16. The number of aryl methyl sites for hydroxylation is 1. The van der Waals surface area contributed by atoms with Gasteiger partial charge in [-0.25, -0.2) is 8.78 Å². The van der Waals surface area contributed by atoms with Gasteiger partial charge in [0.25, 0.3) is 6.43 Å². The van der Waals surface area contributed by atoms with Crippen molar-refractivity contribution >= 4 is 0 Å². The van der Waals surface area contributed by atoms with Crippen LogP contribution in [0.1, 0.15) is 55.2 Å². The van der Waals surface area contributed by atoms with Gasteiger partial charge in [-0.2, -0.15) is 0 Å². The average molecular weight is 255 g/mol. The van der Waals surface area contributed by atoms with Gasteiger partial charge >= 0.3 is 0 Å². The van der Waals surface area contributed by atoms with Crippen molar-refractivity contribution in [1.82, 2.24) is 0 Å². The van der Waals surface area contributed by atoms with Crippen LogP contribution >= 0.6 is 0 Å². The minimum atomic E-state index is -2.67. The number of hydrogen-bond donors (Lipinski definition) is 2. The lowest BCUT2D eigenvalue weighted by Crippen LogP contribution is -2.38. The van der Waals surface area contributed by atoms with Gasteiger partial charge in [0.1, 0.15) is 5.75 Å². The lowest BCUT2D eigenvalue weighted by molar-refractivity contribution is 0.147. The van der Waals surface area contributed by atoms with Crippen LogP contribution in [-0.4, -0.2) is 5.11 Å². The van der Waals surface area contributed by atoms with Crippen LogP contribution in [0.15, 0.2) is 12.1 Å². The van der Waals surface area contributed by atoms with Crippen LogP contribution in [0.4, 0.5) is 8.78 Å². The molecule has 2 nitrogen and oxygen atoms in total. The summed E-state index contributed by atoms with van der Waals surface area (Å²) in [6.45, 7) is 1.64. The van der Waals surface area contributed by atoms with Crippen LogP contribution < -0.4 is 5.73 Å². The fraction of sp³-hybridized carbons (Fsp3) is 0.571. The molecule has 0 radical (unpaired) electrons. The first kappa shape index (κ1) is 13.3. The molecular weight excluding hydrogens is 236 g/mol. The van der Waals surface area contributed by atoms with Crippen molar-refractivity contribution in [2.75, 3.05) is 0 Å². The summed E-state index contributed by atoms with van der Waals surface area (Å²) in [5.74, 6) is -0.312. The largest absolute Gasteiger partial charge is 0.507 e. The maximum absolute atomic E-state index is 12.9. The number of nitrogens with two attached hydrogens (primary N) is 1. The Kier molecular flexibility index (Phi) is 3.57. The second-order valence-corrected chi connectivity index (χ2v) is 5.25. The summed E-state index contributed by atoms with van der Waals surface area (Å²) < 4.78 is 25.8. The Labute approximate surface area is 106 Å². The Morgan fingerprint density at radius 2 is 1.83 bits per heavy atom. The zero-order valence-electron chi connectivity index (χ0n) is 10.5. The molecule has 0 saturated heterocycles. The highest BCUT2D eigenvalue weighted by Crippen LogP contribution is 2.39. The zero-order chi connectivity index (χ0) is 13.3. The molecule has 0 aliphatic heterocycles. The number of aromatic hydroxyl groups is 1. The van der Waals surface area contributed by atoms with Crippen LogP contribution in [-0.2, 0) is 5.54 Å². The lowest BCUT2D eigenvalue weighted by atomic mass is 9.76. The molecule has 0 atom stereocenters. The smallest absolute Gasteiger partial charge is 0.267 e. The fourth-order valence-corrected chi connectivity index (χ4v) is 2.73. The molecule has 0 heterocycles. The second-order valence-electron chi connectivity index (χ2n) is 5.25. The van der Waals surface area contributed by atoms with Crippen molar-refractivity contribution in [1.29, 1.82) is 0 Å². The van der Waals surface area contributed by atoms with E-state index in [0.717, 1.165) is 37.7 Å². The van der Waals surface area contributed by atoms with Gasteiger partial charge in [0, 0.05) is 5.54 Å². The van der Waals surface area contributed by atoms with Crippen molar-refractivity contribution < 1.29 is 13.9 Å². The van der Waals surface area contributed by atoms with E-state index in [1.807, 2.05) is 0 Å². The van der Waals surface area contributed by atoms with Crippen LogP contribution in [0.2, 0.25) is 0 Å². The highest BCUT2D eigenvalue weighted by atomic mass is 19.3. The number of phenolic OH excluding ortho intramolecular Hbond substituents is 1. The van der Waals surface area contributed by atoms with E-state index in [4.69, 9.17) is 5.73 Å². The second kappa shape index (κ2) is 4.84. The third-order valence-electron chi connectivity index (χ3n) is 3.89. The van der Waals surface area contributed by atoms with E-state index in [9.17, 15) is 13.9 Å². The van der Waals surface area contributed by atoms with Crippen molar-refractivity contribution in [3.63, 3.8) is 0 Å². The van der Waals surface area contributed by atoms with Crippen molar-refractivity contribution in [3.8, 4) is 5.75 Å². The molecule has 1 saturated carbocycles. The predicted octanol–water partition coefficient (Wildman–Crippen LogP) is 3.76. The van der Waals surface area contributed by atoms with Gasteiger partial charge in [-0.3, -0.25) is 0 Å². The SMILES string of the molecule is Cc1cc(C2(N)CCCCC2)cc(C(F)F)c1O. The molecule has 1 aromatic carbocycles. The van der Waals surface area contributed by atoms with Crippen molar-refractivity contribution in [3.05, 3.63) is 28.8 Å². The van der Waals surface area contributed by atoms with E-state index in [1.54, 1.807) is 13.0 Å². The molecule has 1 aliphatic rings. The number of benzene rings is 1. The standard InChI is InChI=1S/C14H19F2NO/c1-9-7-10(8-11(12(9)18)13(15)16)14(17)5-3-2-4-6-14/h7-8,13,18H,2-6,17H2,1H3. The molecule has 0 aromatic heterocycles. The van der Waals surface area contributed by atoms with Gasteiger partial charge in [-0.15, -0.1) is 0 Å². The average Bonchev–Trinajstić information content (AvgIpc) is 2.33. The molecule has 0 spiro atoms. The highest BCUT2D eigenvalue weighted by molar-refractivity contribution is 5.45. The molecule has 1 fully saturated rings. The van der Waals surface area contributed by atoms with E-state index in [2.05, 4.69) is 0 Å². The van der Waals surface area contributed by atoms with Crippen LogP contribution in [0.3, 0.4) is 0 Å². The third-order valence-corrected chi connectivity index (χ3v) is 3.89. The van der Waals surface area contributed by atoms with E-state index in [1.165, 1.54) is 6.07 Å². The Morgan fingerprint density at radius 3 is 2.39 bits per heavy atom. The summed E-state index contributed by atoms with van der Waals surface area (Å²) in [6, 6.07) is 3.12. The normalized spacial score (nSPS) is 19.2. The summed E-state index contributed by atoms with van der Waals surface area (Å²) in [7, 11) is 0. The number of alkyl halides is 2. The molecule has 100 valence electrons. The van der Waals surface area contributed by atoms with Crippen LogP contribution in [0.5, 0.6) is 5.75 Å². The van der Waals surface area contributed by atoms with Gasteiger partial charge in [0.05, 0.1) is 5.56 Å². The summed E-state index contributed by atoms with van der Waals surface area (Å²) in [5.41, 5.74) is 6.72. The molecule has 0 unspecified atom stereocenters. The summed E-state index contributed by atoms with van der Waals surface area (Å²) in [6.07, 6.45) is 2.18. The van der Waals surface area contributed by atoms with Gasteiger partial charge in [0.15, 0.2) is 0 Å². The minimum Gasteiger partial charge on any atom is -0.507 e. The zero-order valence-corrected chi connectivity index (χ0v) is 10.5. The van der Waals surface area contributed by atoms with Gasteiger partial charge in [0.2, 0.25) is 0 Å². The quantitative estimate of drug-likeness (QED) is 0.845. The fourth-order valence-electron chi connectivity index (χ4n) is 2.73. The Morgan fingerprint density at radius 1 is 1.22 bits per heavy atom. The first-order valence-corrected chi connectivity index (χ1v) is 6.35. The van der Waals surface area contributed by atoms with E-state index < -0.39 is 12.0 Å². The summed E-state index contributed by atoms with van der Waals surface area (Å²) >= 11 is 0. The maximum Gasteiger partial charge on any atom is 0.267 e. The number of rotatable bonds is 2. The van der Waals surface area contributed by atoms with Gasteiger partial charge in [-0.05, 0) is 37.0 Å². The molecule has 18 heavy (non-hydrogen) atoms. The molecule has 2 rings (SSSR count). The van der Waals surface area contributed by atoms with Gasteiger partial charge in [-0.1, -0.05) is 25.3 Å². The van der Waals surface area contributed by atoms with Crippen LogP contribution in [0, 0.1) is 6.92 Å². The molecule has 3 N–H and O–H groups in total. The molecule has 1 aromatic rings. The maximum atomic E-state index is 12.9. The number of phenols is 1. The molecular formula is C14H19F2NO. The van der Waals surface area contributed by atoms with Gasteiger partial charge < -0.3 is 10.8 Å². The molecule has 1 aliphatic carbocycles. The predicted molar refractivity (Wildman–Crippen MR) is 66.8 cm³/mol. The van der Waals surface area contributed by atoms with E-state index in [-0.39, 0.29) is 11.3 Å². The number of halogens is 2. The number of hydrogen-bond acceptors (Lipinski definition) is 2. The molecule has 0 amide bonds. The first-order chi connectivity index (χ1) is 8.44. The molecule has 4 heteroatoms.